The van der Waals surface area contributed by atoms with E-state index >= 15 is 0 Å². The third-order valence-corrected chi connectivity index (χ3v) is 8.26. The molecule has 0 radical (unpaired) electrons. The lowest BCUT2D eigenvalue weighted by atomic mass is 10.2. The molecule has 84 valence electrons. The van der Waals surface area contributed by atoms with Crippen molar-refractivity contribution in [1.29, 1.82) is 0 Å². The molecule has 1 N–H and O–H groups in total. The first-order valence-corrected chi connectivity index (χ1v) is 8.62. The number of nitrogens with one attached hydrogen (secondary N) is 1. The SMILES string of the molecule is CC(C)(C)[Si](C)(C)NCc1ccccc1. The van der Waals surface area contributed by atoms with Crippen LogP contribution in [0, 0.1) is 0 Å². The van der Waals surface area contributed by atoms with Crippen molar-refractivity contribution in [2.45, 2.75) is 45.4 Å². The highest BCUT2D eigenvalue weighted by molar-refractivity contribution is 6.77. The van der Waals surface area contributed by atoms with Gasteiger partial charge in [-0.25, -0.2) is 0 Å². The highest BCUT2D eigenvalue weighted by Crippen LogP contribution is 2.33. The molecule has 0 heterocycles. The molecule has 0 aliphatic heterocycles. The Hall–Kier alpha value is -0.603. The van der Waals surface area contributed by atoms with E-state index in [1.807, 2.05) is 0 Å². The topological polar surface area (TPSA) is 12.0 Å². The molecule has 0 saturated carbocycles. The lowest BCUT2D eigenvalue weighted by Crippen LogP contribution is -2.51. The van der Waals surface area contributed by atoms with E-state index in [2.05, 4.69) is 69.2 Å². The van der Waals surface area contributed by atoms with Crippen LogP contribution < -0.4 is 4.98 Å². The third kappa shape index (κ3) is 3.47. The Morgan fingerprint density at radius 1 is 1.07 bits per heavy atom. The van der Waals surface area contributed by atoms with Gasteiger partial charge in [0, 0.05) is 6.54 Å². The normalized spacial score (nSPS) is 12.9. The number of hydrogen-bond donors (Lipinski definition) is 1. The molecule has 15 heavy (non-hydrogen) atoms. The van der Waals surface area contributed by atoms with Crippen LogP contribution in [0.25, 0.3) is 0 Å². The van der Waals surface area contributed by atoms with E-state index in [9.17, 15) is 0 Å². The molecule has 0 atom stereocenters. The van der Waals surface area contributed by atoms with Crippen molar-refractivity contribution in [3.63, 3.8) is 0 Å². The third-order valence-electron chi connectivity index (χ3n) is 3.45. The number of rotatable bonds is 3. The molecule has 0 aliphatic rings. The van der Waals surface area contributed by atoms with Crippen molar-refractivity contribution in [3.8, 4) is 0 Å². The van der Waals surface area contributed by atoms with E-state index in [0.29, 0.717) is 5.04 Å². The van der Waals surface area contributed by atoms with Gasteiger partial charge in [-0.15, -0.1) is 0 Å². The van der Waals surface area contributed by atoms with Crippen molar-refractivity contribution < 1.29 is 0 Å². The second-order valence-electron chi connectivity index (χ2n) is 5.71. The molecular weight excluding hydrogens is 198 g/mol. The fraction of sp³-hybridized carbons (Fsp3) is 0.538. The number of hydrogen-bond acceptors (Lipinski definition) is 1. The van der Waals surface area contributed by atoms with E-state index in [-0.39, 0.29) is 0 Å². The summed E-state index contributed by atoms with van der Waals surface area (Å²) in [5.41, 5.74) is 1.38. The van der Waals surface area contributed by atoms with E-state index in [1.165, 1.54) is 5.56 Å². The fourth-order valence-corrected chi connectivity index (χ4v) is 2.36. The molecule has 0 aliphatic carbocycles. The lowest BCUT2D eigenvalue weighted by Gasteiger charge is -2.37. The van der Waals surface area contributed by atoms with E-state index < -0.39 is 8.24 Å². The Balaban J connectivity index is 2.58. The Bertz CT molecular complexity index is 298. The lowest BCUT2D eigenvalue weighted by molar-refractivity contribution is 0.684. The molecule has 2 heteroatoms. The maximum Gasteiger partial charge on any atom is 0.125 e. The predicted octanol–water partition coefficient (Wildman–Crippen LogP) is 3.78. The summed E-state index contributed by atoms with van der Waals surface area (Å²) in [6.45, 7) is 12.8. The second kappa shape index (κ2) is 4.50. The Kier molecular flexibility index (Phi) is 3.74. The van der Waals surface area contributed by atoms with Crippen LogP contribution >= 0.6 is 0 Å². The van der Waals surface area contributed by atoms with Gasteiger partial charge in [-0.1, -0.05) is 64.2 Å². The molecule has 0 aromatic heterocycles. The zero-order valence-corrected chi connectivity index (χ0v) is 11.6. The van der Waals surface area contributed by atoms with Crippen LogP contribution in [0.1, 0.15) is 26.3 Å². The van der Waals surface area contributed by atoms with Crippen molar-refractivity contribution in [2.75, 3.05) is 0 Å². The fourth-order valence-electron chi connectivity index (χ4n) is 1.18. The largest absolute Gasteiger partial charge is 0.333 e. The van der Waals surface area contributed by atoms with Gasteiger partial charge in [0.15, 0.2) is 0 Å². The van der Waals surface area contributed by atoms with Crippen molar-refractivity contribution >= 4 is 8.24 Å². The Morgan fingerprint density at radius 2 is 1.60 bits per heavy atom. The van der Waals surface area contributed by atoms with Gasteiger partial charge in [0.05, 0.1) is 0 Å². The summed E-state index contributed by atoms with van der Waals surface area (Å²) in [5.74, 6) is 0. The van der Waals surface area contributed by atoms with Crippen LogP contribution in [0.5, 0.6) is 0 Å². The van der Waals surface area contributed by atoms with Gasteiger partial charge in [0.25, 0.3) is 0 Å². The predicted molar refractivity (Wildman–Crippen MR) is 70.5 cm³/mol. The average Bonchev–Trinajstić information content (AvgIpc) is 2.15. The van der Waals surface area contributed by atoms with Gasteiger partial charge in [-0.2, -0.15) is 0 Å². The first-order valence-electron chi connectivity index (χ1n) is 5.62. The second-order valence-corrected chi connectivity index (χ2v) is 10.8. The van der Waals surface area contributed by atoms with E-state index in [1.54, 1.807) is 0 Å². The smallest absolute Gasteiger partial charge is 0.125 e. The molecule has 1 rings (SSSR count). The highest BCUT2D eigenvalue weighted by Gasteiger charge is 2.34. The minimum absolute atomic E-state index is 0.405. The quantitative estimate of drug-likeness (QED) is 0.766. The van der Waals surface area contributed by atoms with Crippen LogP contribution in [0.15, 0.2) is 30.3 Å². The standard InChI is InChI=1S/C13H23NSi/c1-13(2,3)15(4,5)14-11-12-9-7-6-8-10-12/h6-10,14H,11H2,1-5H3. The highest BCUT2D eigenvalue weighted by atomic mass is 28.3. The van der Waals surface area contributed by atoms with Gasteiger partial charge in [-0.3, -0.25) is 0 Å². The molecule has 0 amide bonds. The molecule has 0 unspecified atom stereocenters. The maximum absolute atomic E-state index is 3.75. The van der Waals surface area contributed by atoms with Crippen molar-refractivity contribution in [3.05, 3.63) is 35.9 Å². The average molecular weight is 221 g/mol. The van der Waals surface area contributed by atoms with Gasteiger partial charge in [-0.05, 0) is 10.6 Å². The molecule has 0 saturated heterocycles. The molecule has 0 fully saturated rings. The molecule has 0 spiro atoms. The van der Waals surface area contributed by atoms with Crippen LogP contribution in [0.2, 0.25) is 18.1 Å². The molecule has 0 bridgehead atoms. The van der Waals surface area contributed by atoms with Crippen molar-refractivity contribution in [2.24, 2.45) is 0 Å². The van der Waals surface area contributed by atoms with E-state index in [4.69, 9.17) is 0 Å². The summed E-state index contributed by atoms with van der Waals surface area (Å²) >= 11 is 0. The van der Waals surface area contributed by atoms with E-state index in [0.717, 1.165) is 6.54 Å². The zero-order chi connectivity index (χ0) is 11.5. The first kappa shape index (κ1) is 12.5. The summed E-state index contributed by atoms with van der Waals surface area (Å²) < 4.78 is 0. The summed E-state index contributed by atoms with van der Waals surface area (Å²) in [5, 5.41) is 0.405. The molecule has 1 aromatic carbocycles. The van der Waals surface area contributed by atoms with Crippen LogP contribution in [0.4, 0.5) is 0 Å². The van der Waals surface area contributed by atoms with Gasteiger partial charge in [0.2, 0.25) is 0 Å². The molecular formula is C13H23NSi. The van der Waals surface area contributed by atoms with Gasteiger partial charge < -0.3 is 4.98 Å². The monoisotopic (exact) mass is 221 g/mol. The molecule has 1 nitrogen and oxygen atoms in total. The summed E-state index contributed by atoms with van der Waals surface area (Å²) in [4.78, 5) is 3.75. The summed E-state index contributed by atoms with van der Waals surface area (Å²) in [6.07, 6.45) is 0. The Morgan fingerprint density at radius 3 is 2.07 bits per heavy atom. The number of benzene rings is 1. The first-order chi connectivity index (χ1) is 6.83. The van der Waals surface area contributed by atoms with Gasteiger partial charge in [0.1, 0.15) is 8.24 Å². The Labute approximate surface area is 95.0 Å². The van der Waals surface area contributed by atoms with Gasteiger partial charge >= 0.3 is 0 Å². The minimum atomic E-state index is -1.34. The van der Waals surface area contributed by atoms with Crippen LogP contribution in [-0.2, 0) is 6.54 Å². The summed E-state index contributed by atoms with van der Waals surface area (Å²) in [6, 6.07) is 10.6. The zero-order valence-electron chi connectivity index (χ0n) is 10.6. The summed E-state index contributed by atoms with van der Waals surface area (Å²) in [7, 11) is -1.34. The van der Waals surface area contributed by atoms with Crippen molar-refractivity contribution in [1.82, 2.24) is 4.98 Å². The molecule has 1 aromatic rings. The minimum Gasteiger partial charge on any atom is -0.333 e. The van der Waals surface area contributed by atoms with Crippen LogP contribution in [-0.4, -0.2) is 8.24 Å². The van der Waals surface area contributed by atoms with Crippen LogP contribution in [0.3, 0.4) is 0 Å². The maximum atomic E-state index is 3.75.